The topological polar surface area (TPSA) is 132 Å². The number of halogens is 7. The number of hydrogen-bond donors (Lipinski definition) is 2. The highest BCUT2D eigenvalue weighted by Gasteiger charge is 2.64. The van der Waals surface area contributed by atoms with E-state index in [4.69, 9.17) is 21.3 Å². The molecule has 0 saturated heterocycles. The number of carbonyl (C=O) groups excluding carboxylic acids is 2. The van der Waals surface area contributed by atoms with Gasteiger partial charge < -0.3 is 15.4 Å². The Hall–Kier alpha value is -5.13. The monoisotopic (exact) mass is 791 g/mol. The third kappa shape index (κ3) is 7.86. The summed E-state index contributed by atoms with van der Waals surface area (Å²) < 4.78 is 91.1. The maximum Gasteiger partial charge on any atom is 0.411 e. The van der Waals surface area contributed by atoms with Crippen LogP contribution in [0.15, 0.2) is 66.2 Å². The average molecular weight is 792 g/mol. The Morgan fingerprint density at radius 2 is 1.82 bits per heavy atom. The molecule has 2 bridgehead atoms. The van der Waals surface area contributed by atoms with Gasteiger partial charge in [0.15, 0.2) is 5.82 Å². The van der Waals surface area contributed by atoms with Crippen molar-refractivity contribution in [3.05, 3.63) is 83.2 Å². The number of alkyl halides is 6. The lowest BCUT2D eigenvalue weighted by atomic mass is 9.84. The number of aliphatic imine (C=N–C) groups is 1. The molecule has 2 N–H and O–H groups in total. The van der Waals surface area contributed by atoms with Crippen molar-refractivity contribution < 1.29 is 40.7 Å². The van der Waals surface area contributed by atoms with Crippen LogP contribution >= 0.6 is 11.6 Å². The Balaban J connectivity index is 1.31. The SMILES string of the molecule is CC(C)(CCN=C1NC(F)c2ncnn2-c2cc(ccc2Cl)[C@@H](COC(=O)NC2(C(F)(F)F)CC2)N1C(=O)c1ccc(-c2cnn(C(F)F)c2)cc1)C1CC1. The molecule has 1 aliphatic heterocycles. The fourth-order valence-electron chi connectivity index (χ4n) is 6.63. The van der Waals surface area contributed by atoms with Gasteiger partial charge in [0.2, 0.25) is 12.3 Å². The van der Waals surface area contributed by atoms with Crippen LogP contribution in [0.4, 0.5) is 31.1 Å². The lowest BCUT2D eigenvalue weighted by molar-refractivity contribution is -0.164. The highest BCUT2D eigenvalue weighted by atomic mass is 35.5. The molecule has 292 valence electrons. The van der Waals surface area contributed by atoms with Crippen LogP contribution in [0.3, 0.4) is 0 Å². The van der Waals surface area contributed by atoms with Crippen LogP contribution in [-0.2, 0) is 4.74 Å². The third-order valence-electron chi connectivity index (χ3n) is 10.4. The zero-order valence-electron chi connectivity index (χ0n) is 29.5. The Morgan fingerprint density at radius 1 is 1.09 bits per heavy atom. The summed E-state index contributed by atoms with van der Waals surface area (Å²) in [4.78, 5) is 37.6. The van der Waals surface area contributed by atoms with E-state index in [0.717, 1.165) is 34.9 Å². The lowest BCUT2D eigenvalue weighted by Gasteiger charge is -2.35. The molecular formula is C36H36ClF6N9O3. The number of hydrogen-bond acceptors (Lipinski definition) is 7. The molecule has 2 amide bonds. The number of fused-ring (bicyclic) bond motifs is 4. The van der Waals surface area contributed by atoms with Crippen LogP contribution in [0.5, 0.6) is 0 Å². The van der Waals surface area contributed by atoms with Crippen LogP contribution in [0.1, 0.15) is 86.6 Å². The molecule has 2 fully saturated rings. The highest BCUT2D eigenvalue weighted by Crippen LogP contribution is 2.49. The third-order valence-corrected chi connectivity index (χ3v) is 10.7. The number of alkyl carbamates (subject to hydrolysis) is 1. The standard InChI is InChI=1S/C36H36ClF6N9O3/c1-34(2,24-8-9-24)13-14-44-32-48-28(38)29-45-19-47-52(29)26-15-22(7-10-25(26)37)27(18-55-33(54)49-35(11-12-35)36(41,42)43)51(32)30(53)21-5-3-20(4-6-21)23-16-46-50(17-23)31(39)40/h3-7,10,15-17,19,24,27-28,31H,8-9,11-14,18H2,1-2H3,(H,44,48)(H,49,54)/t27-,28?/m1/s1. The molecule has 1 unspecified atom stereocenters. The largest absolute Gasteiger partial charge is 0.447 e. The molecule has 3 aliphatic rings. The second kappa shape index (κ2) is 14.5. The van der Waals surface area contributed by atoms with Gasteiger partial charge in [-0.15, -0.1) is 0 Å². The van der Waals surface area contributed by atoms with Gasteiger partial charge in [0, 0.05) is 23.9 Å². The summed E-state index contributed by atoms with van der Waals surface area (Å²) in [6.45, 7) is 0.767. The van der Waals surface area contributed by atoms with Crippen LogP contribution < -0.4 is 10.6 Å². The number of nitrogens with one attached hydrogen (secondary N) is 2. The number of rotatable bonds is 10. The summed E-state index contributed by atoms with van der Waals surface area (Å²) in [6, 6.07) is 9.02. The second-order valence-corrected chi connectivity index (χ2v) is 14.9. The summed E-state index contributed by atoms with van der Waals surface area (Å²) >= 11 is 6.54. The quantitative estimate of drug-likeness (QED) is 0.123. The minimum absolute atomic E-state index is 0.0334. The van der Waals surface area contributed by atoms with Crippen molar-refractivity contribution in [2.45, 2.75) is 76.6 Å². The first-order valence-electron chi connectivity index (χ1n) is 17.5. The van der Waals surface area contributed by atoms with Gasteiger partial charge in [0.1, 0.15) is 18.5 Å². The lowest BCUT2D eigenvalue weighted by Crippen LogP contribution is -2.51. The zero-order valence-corrected chi connectivity index (χ0v) is 30.3. The summed E-state index contributed by atoms with van der Waals surface area (Å²) in [5.41, 5.74) is -1.27. The van der Waals surface area contributed by atoms with Gasteiger partial charge in [-0.25, -0.2) is 23.5 Å². The number of nitrogens with zero attached hydrogens (tertiary/aromatic N) is 7. The van der Waals surface area contributed by atoms with Gasteiger partial charge >= 0.3 is 18.8 Å². The molecule has 2 aromatic heterocycles. The first-order valence-corrected chi connectivity index (χ1v) is 17.9. The number of ether oxygens (including phenoxy) is 1. The Morgan fingerprint density at radius 3 is 2.45 bits per heavy atom. The fraction of sp³-hybridized carbons (Fsp3) is 0.444. The number of carbonyl (C=O) groups is 2. The van der Waals surface area contributed by atoms with E-state index in [1.807, 2.05) is 5.32 Å². The first-order chi connectivity index (χ1) is 26.1. The number of guanidine groups is 1. The minimum atomic E-state index is -4.72. The summed E-state index contributed by atoms with van der Waals surface area (Å²) in [6.07, 6.45) is -2.67. The molecule has 0 radical (unpaired) electrons. The van der Waals surface area contributed by atoms with Crippen molar-refractivity contribution in [2.75, 3.05) is 13.2 Å². The zero-order chi connectivity index (χ0) is 39.3. The predicted octanol–water partition coefficient (Wildman–Crippen LogP) is 7.94. The Kier molecular flexibility index (Phi) is 10.1. The molecular weight excluding hydrogens is 756 g/mol. The molecule has 2 aromatic carbocycles. The molecule has 2 saturated carbocycles. The molecule has 19 heteroatoms. The maximum atomic E-state index is 16.4. The number of benzene rings is 2. The first kappa shape index (κ1) is 38.2. The van der Waals surface area contributed by atoms with Crippen LogP contribution in [0, 0.1) is 11.3 Å². The fourth-order valence-corrected chi connectivity index (χ4v) is 6.83. The van der Waals surface area contributed by atoms with Gasteiger partial charge in [-0.3, -0.25) is 14.7 Å². The number of aromatic nitrogens is 5. The van der Waals surface area contributed by atoms with Crippen molar-refractivity contribution in [2.24, 2.45) is 16.3 Å². The van der Waals surface area contributed by atoms with Gasteiger partial charge in [-0.1, -0.05) is 43.6 Å². The van der Waals surface area contributed by atoms with Crippen molar-refractivity contribution in [3.8, 4) is 16.8 Å². The molecule has 2 aliphatic carbocycles. The van der Waals surface area contributed by atoms with Crippen LogP contribution in [-0.4, -0.2) is 72.3 Å². The summed E-state index contributed by atoms with van der Waals surface area (Å²) in [5.74, 6) is -0.791. The van der Waals surface area contributed by atoms with E-state index < -0.39 is 49.2 Å². The van der Waals surface area contributed by atoms with Crippen molar-refractivity contribution in [3.63, 3.8) is 0 Å². The van der Waals surface area contributed by atoms with E-state index in [-0.39, 0.29) is 58.4 Å². The smallest absolute Gasteiger partial charge is 0.411 e. The number of amides is 2. The predicted molar refractivity (Wildman–Crippen MR) is 187 cm³/mol. The normalized spacial score (nSPS) is 20.2. The average Bonchev–Trinajstić information content (AvgIpc) is 4.04. The summed E-state index contributed by atoms with van der Waals surface area (Å²) in [5, 5.41) is 12.5. The van der Waals surface area contributed by atoms with E-state index in [9.17, 15) is 31.5 Å². The van der Waals surface area contributed by atoms with Gasteiger partial charge in [-0.2, -0.15) is 32.1 Å². The molecule has 55 heavy (non-hydrogen) atoms. The molecule has 2 atom stereocenters. The molecule has 3 heterocycles. The van der Waals surface area contributed by atoms with Crippen LogP contribution in [0.25, 0.3) is 16.8 Å². The molecule has 4 aromatic rings. The highest BCUT2D eigenvalue weighted by molar-refractivity contribution is 6.32. The van der Waals surface area contributed by atoms with Crippen molar-refractivity contribution in [1.29, 1.82) is 0 Å². The molecule has 0 spiro atoms. The van der Waals surface area contributed by atoms with Crippen LogP contribution in [0.2, 0.25) is 5.02 Å². The molecule has 12 nitrogen and oxygen atoms in total. The van der Waals surface area contributed by atoms with Crippen molar-refractivity contribution >= 4 is 29.6 Å². The summed E-state index contributed by atoms with van der Waals surface area (Å²) in [7, 11) is 0. The van der Waals surface area contributed by atoms with Gasteiger partial charge in [0.05, 0.1) is 22.9 Å². The minimum Gasteiger partial charge on any atom is -0.447 e. The van der Waals surface area contributed by atoms with Crippen molar-refractivity contribution in [1.82, 2.24) is 40.1 Å². The second-order valence-electron chi connectivity index (χ2n) is 14.5. The van der Waals surface area contributed by atoms with E-state index >= 15 is 4.39 Å². The van der Waals surface area contributed by atoms with Gasteiger partial charge in [0.25, 0.3) is 5.91 Å². The van der Waals surface area contributed by atoms with E-state index in [1.165, 1.54) is 48.7 Å². The Bertz CT molecular complexity index is 2090. The molecule has 7 rings (SSSR count). The maximum absolute atomic E-state index is 16.4. The van der Waals surface area contributed by atoms with E-state index in [2.05, 4.69) is 34.3 Å². The Labute approximate surface area is 315 Å². The van der Waals surface area contributed by atoms with E-state index in [1.54, 1.807) is 0 Å². The van der Waals surface area contributed by atoms with E-state index in [0.29, 0.717) is 28.1 Å². The van der Waals surface area contributed by atoms with Gasteiger partial charge in [-0.05, 0) is 78.8 Å².